The van der Waals surface area contributed by atoms with Crippen molar-refractivity contribution in [2.75, 3.05) is 0 Å². The summed E-state index contributed by atoms with van der Waals surface area (Å²) in [4.78, 5) is 0. The summed E-state index contributed by atoms with van der Waals surface area (Å²) >= 11 is 0. The minimum atomic E-state index is -0.561. The van der Waals surface area contributed by atoms with Crippen molar-refractivity contribution in [1.82, 2.24) is 0 Å². The molecular weight excluding hydrogens is 182 g/mol. The largest absolute Gasteiger partial charge is 0.345 e. The molecule has 2 aliphatic rings. The van der Waals surface area contributed by atoms with Crippen LogP contribution in [0.15, 0.2) is 0 Å². The maximum absolute atomic E-state index is 6.06. The highest BCUT2D eigenvalue weighted by atomic mass is 16.8. The van der Waals surface area contributed by atoms with Crippen molar-refractivity contribution in [2.45, 2.75) is 58.0 Å². The molecule has 2 fully saturated rings. The Hall–Kier alpha value is -0.160. The van der Waals surface area contributed by atoms with Crippen LogP contribution in [0, 0.1) is 5.92 Å². The molecule has 2 saturated heterocycles. The summed E-state index contributed by atoms with van der Waals surface area (Å²) in [6.45, 7) is 7.95. The van der Waals surface area contributed by atoms with E-state index >= 15 is 0 Å². The van der Waals surface area contributed by atoms with Gasteiger partial charge in [0.05, 0.1) is 12.1 Å². The Labute approximate surface area is 84.7 Å². The van der Waals surface area contributed by atoms with Crippen molar-refractivity contribution >= 4 is 0 Å². The standard InChI is InChI=1S/C10H19NO3/c1-5(2)7-6(11)8-9(12-7)14-10(3,4)13-8/h5-9H,11H2,1-4H3/t6-,7+,8+,9+/m0/s1. The quantitative estimate of drug-likeness (QED) is 0.683. The van der Waals surface area contributed by atoms with Crippen LogP contribution in [0.2, 0.25) is 0 Å². The van der Waals surface area contributed by atoms with Crippen LogP contribution >= 0.6 is 0 Å². The van der Waals surface area contributed by atoms with E-state index in [0.717, 1.165) is 0 Å². The third-order valence-corrected chi connectivity index (χ3v) is 2.80. The highest BCUT2D eigenvalue weighted by molar-refractivity contribution is 4.96. The van der Waals surface area contributed by atoms with Gasteiger partial charge in [-0.3, -0.25) is 0 Å². The molecule has 2 aliphatic heterocycles. The van der Waals surface area contributed by atoms with E-state index in [1.165, 1.54) is 0 Å². The molecule has 0 aromatic heterocycles. The molecule has 0 aromatic carbocycles. The van der Waals surface area contributed by atoms with Gasteiger partial charge in [-0.05, 0) is 19.8 Å². The number of fused-ring (bicyclic) bond motifs is 1. The summed E-state index contributed by atoms with van der Waals surface area (Å²) in [6.07, 6.45) is -0.356. The number of hydrogen-bond acceptors (Lipinski definition) is 4. The topological polar surface area (TPSA) is 53.7 Å². The van der Waals surface area contributed by atoms with Gasteiger partial charge in [-0.2, -0.15) is 0 Å². The van der Waals surface area contributed by atoms with Crippen molar-refractivity contribution in [3.63, 3.8) is 0 Å². The van der Waals surface area contributed by atoms with Crippen LogP contribution < -0.4 is 5.73 Å². The van der Waals surface area contributed by atoms with E-state index < -0.39 is 5.79 Å². The van der Waals surface area contributed by atoms with Gasteiger partial charge < -0.3 is 19.9 Å². The minimum Gasteiger partial charge on any atom is -0.345 e. The van der Waals surface area contributed by atoms with Gasteiger partial charge in [-0.1, -0.05) is 13.8 Å². The molecule has 2 heterocycles. The van der Waals surface area contributed by atoms with Gasteiger partial charge in [0.25, 0.3) is 0 Å². The first-order chi connectivity index (χ1) is 6.41. The molecule has 82 valence electrons. The molecule has 0 saturated carbocycles. The molecule has 0 aromatic rings. The van der Waals surface area contributed by atoms with Crippen LogP contribution in [0.5, 0.6) is 0 Å². The molecule has 2 N–H and O–H groups in total. The van der Waals surface area contributed by atoms with Gasteiger partial charge in [0.2, 0.25) is 0 Å². The second-order valence-corrected chi connectivity index (χ2v) is 4.89. The molecule has 0 unspecified atom stereocenters. The normalized spacial score (nSPS) is 45.9. The Morgan fingerprint density at radius 1 is 1.21 bits per heavy atom. The summed E-state index contributed by atoms with van der Waals surface area (Å²) < 4.78 is 17.0. The van der Waals surface area contributed by atoms with Crippen LogP contribution in [0.1, 0.15) is 27.7 Å². The van der Waals surface area contributed by atoms with Crippen LogP contribution in [-0.2, 0) is 14.2 Å². The Kier molecular flexibility index (Phi) is 2.34. The fourth-order valence-electron chi connectivity index (χ4n) is 2.16. The number of nitrogens with two attached hydrogens (primary N) is 1. The van der Waals surface area contributed by atoms with E-state index in [1.54, 1.807) is 0 Å². The van der Waals surface area contributed by atoms with Crippen molar-refractivity contribution in [3.05, 3.63) is 0 Å². The van der Waals surface area contributed by atoms with Crippen molar-refractivity contribution < 1.29 is 14.2 Å². The van der Waals surface area contributed by atoms with E-state index in [-0.39, 0.29) is 24.5 Å². The highest BCUT2D eigenvalue weighted by Gasteiger charge is 2.53. The average molecular weight is 201 g/mol. The van der Waals surface area contributed by atoms with Crippen LogP contribution in [0.25, 0.3) is 0 Å². The predicted octanol–water partition coefficient (Wildman–Crippen LogP) is 0.846. The Balaban J connectivity index is 2.08. The molecule has 0 bridgehead atoms. The molecule has 0 spiro atoms. The van der Waals surface area contributed by atoms with Crippen LogP contribution in [0.4, 0.5) is 0 Å². The van der Waals surface area contributed by atoms with E-state index in [4.69, 9.17) is 19.9 Å². The second-order valence-electron chi connectivity index (χ2n) is 4.89. The van der Waals surface area contributed by atoms with Gasteiger partial charge in [0.1, 0.15) is 6.10 Å². The van der Waals surface area contributed by atoms with Gasteiger partial charge in [0, 0.05) is 0 Å². The summed E-state index contributed by atoms with van der Waals surface area (Å²) in [5.74, 6) is -0.166. The summed E-state index contributed by atoms with van der Waals surface area (Å²) in [6, 6.07) is -0.0817. The minimum absolute atomic E-state index is 0.0427. The number of rotatable bonds is 1. The molecule has 4 nitrogen and oxygen atoms in total. The first-order valence-corrected chi connectivity index (χ1v) is 5.17. The molecule has 4 atom stereocenters. The molecule has 2 rings (SSSR count). The summed E-state index contributed by atoms with van der Waals surface area (Å²) in [5, 5.41) is 0. The van der Waals surface area contributed by atoms with Gasteiger partial charge >= 0.3 is 0 Å². The Morgan fingerprint density at radius 2 is 1.86 bits per heavy atom. The Morgan fingerprint density at radius 3 is 2.36 bits per heavy atom. The van der Waals surface area contributed by atoms with Gasteiger partial charge in [-0.15, -0.1) is 0 Å². The van der Waals surface area contributed by atoms with Crippen molar-refractivity contribution in [1.29, 1.82) is 0 Å². The first kappa shape index (κ1) is 10.4. The second kappa shape index (κ2) is 3.17. The lowest BCUT2D eigenvalue weighted by Gasteiger charge is -2.25. The van der Waals surface area contributed by atoms with E-state index in [1.807, 2.05) is 13.8 Å². The summed E-state index contributed by atoms with van der Waals surface area (Å²) in [5.41, 5.74) is 6.06. The lowest BCUT2D eigenvalue weighted by Crippen LogP contribution is -2.43. The number of ether oxygens (including phenoxy) is 3. The molecule has 0 amide bonds. The lowest BCUT2D eigenvalue weighted by molar-refractivity contribution is -0.210. The third kappa shape index (κ3) is 1.56. The average Bonchev–Trinajstić information content (AvgIpc) is 2.46. The fraction of sp³-hybridized carbons (Fsp3) is 1.00. The SMILES string of the molecule is CC(C)[C@H]1O[C@@H]2OC(C)(C)O[C@@H]2[C@H]1N. The predicted molar refractivity (Wildman–Crippen MR) is 51.5 cm³/mol. The van der Waals surface area contributed by atoms with E-state index in [0.29, 0.717) is 5.92 Å². The van der Waals surface area contributed by atoms with Crippen molar-refractivity contribution in [2.24, 2.45) is 11.7 Å². The monoisotopic (exact) mass is 201 g/mol. The first-order valence-electron chi connectivity index (χ1n) is 5.17. The molecule has 0 aliphatic carbocycles. The summed E-state index contributed by atoms with van der Waals surface area (Å²) in [7, 11) is 0. The Bertz CT molecular complexity index is 227. The zero-order valence-electron chi connectivity index (χ0n) is 9.19. The number of hydrogen-bond donors (Lipinski definition) is 1. The highest BCUT2D eigenvalue weighted by Crippen LogP contribution is 2.38. The third-order valence-electron chi connectivity index (χ3n) is 2.80. The maximum atomic E-state index is 6.06. The van der Waals surface area contributed by atoms with Gasteiger partial charge in [-0.25, -0.2) is 0 Å². The fourth-order valence-corrected chi connectivity index (χ4v) is 2.16. The van der Waals surface area contributed by atoms with E-state index in [9.17, 15) is 0 Å². The zero-order chi connectivity index (χ0) is 10.5. The van der Waals surface area contributed by atoms with Crippen LogP contribution in [-0.4, -0.2) is 30.3 Å². The molecular formula is C10H19NO3. The zero-order valence-corrected chi connectivity index (χ0v) is 9.19. The molecule has 0 radical (unpaired) electrons. The molecule has 14 heavy (non-hydrogen) atoms. The van der Waals surface area contributed by atoms with Gasteiger partial charge in [0.15, 0.2) is 12.1 Å². The van der Waals surface area contributed by atoms with Crippen LogP contribution in [0.3, 0.4) is 0 Å². The maximum Gasteiger partial charge on any atom is 0.189 e. The molecule has 4 heteroatoms. The smallest absolute Gasteiger partial charge is 0.189 e. The van der Waals surface area contributed by atoms with E-state index in [2.05, 4.69) is 13.8 Å². The lowest BCUT2D eigenvalue weighted by atomic mass is 9.99. The van der Waals surface area contributed by atoms with Crippen molar-refractivity contribution in [3.8, 4) is 0 Å².